The van der Waals surface area contributed by atoms with Crippen LogP contribution in [0.1, 0.15) is 18.4 Å². The van der Waals surface area contributed by atoms with Crippen LogP contribution in [0.4, 0.5) is 0 Å². The van der Waals surface area contributed by atoms with Crippen molar-refractivity contribution in [3.05, 3.63) is 33.8 Å². The van der Waals surface area contributed by atoms with Crippen molar-refractivity contribution in [3.63, 3.8) is 0 Å². The minimum absolute atomic E-state index is 0. The molecule has 2 rings (SSSR count). The van der Waals surface area contributed by atoms with Crippen molar-refractivity contribution in [2.45, 2.75) is 25.4 Å². The Bertz CT molecular complexity index is 491. The Kier molecular flexibility index (Phi) is 8.50. The Morgan fingerprint density at radius 2 is 2.00 bits per heavy atom. The molecule has 7 heteroatoms. The van der Waals surface area contributed by atoms with Gasteiger partial charge in [-0.3, -0.25) is 9.69 Å². The largest absolute Gasteiger partial charge is 0.358 e. The molecule has 0 atom stereocenters. The van der Waals surface area contributed by atoms with Gasteiger partial charge >= 0.3 is 0 Å². The van der Waals surface area contributed by atoms with Crippen LogP contribution in [0.3, 0.4) is 0 Å². The van der Waals surface area contributed by atoms with E-state index in [9.17, 15) is 4.79 Å². The first-order valence-corrected chi connectivity index (χ1v) is 7.95. The summed E-state index contributed by atoms with van der Waals surface area (Å²) in [7, 11) is 1.67. The summed E-state index contributed by atoms with van der Waals surface area (Å²) in [6.07, 6.45) is 2.07. The molecule has 4 nitrogen and oxygen atoms in total. The summed E-state index contributed by atoms with van der Waals surface area (Å²) < 4.78 is 0. The molecule has 1 aromatic carbocycles. The summed E-state index contributed by atoms with van der Waals surface area (Å²) in [5.41, 5.74) is 1.02. The monoisotopic (exact) mass is 365 g/mol. The number of likely N-dealkylation sites (N-methyl/N-ethyl adjacent to an activating group) is 1. The van der Waals surface area contributed by atoms with Crippen molar-refractivity contribution in [1.82, 2.24) is 15.5 Å². The van der Waals surface area contributed by atoms with Gasteiger partial charge in [0.05, 0.1) is 16.6 Å². The zero-order chi connectivity index (χ0) is 15.2. The predicted octanol–water partition coefficient (Wildman–Crippen LogP) is 2.72. The SMILES string of the molecule is CNC(=O)CN1CCC(NCc2cccc(Cl)c2Cl)CC1.Cl. The molecule has 1 aliphatic rings. The average Bonchev–Trinajstić information content (AvgIpc) is 2.50. The third-order valence-corrected chi connectivity index (χ3v) is 4.70. The van der Waals surface area contributed by atoms with Crippen LogP contribution in [0.25, 0.3) is 0 Å². The summed E-state index contributed by atoms with van der Waals surface area (Å²) in [5.74, 6) is 0.0760. The first kappa shape index (κ1) is 19.5. The lowest BCUT2D eigenvalue weighted by Gasteiger charge is -2.32. The lowest BCUT2D eigenvalue weighted by molar-refractivity contribution is -0.122. The van der Waals surface area contributed by atoms with Crippen LogP contribution in [-0.4, -0.2) is 43.5 Å². The second-order valence-corrected chi connectivity index (χ2v) is 6.10. The van der Waals surface area contributed by atoms with Gasteiger partial charge in [0.2, 0.25) is 5.91 Å². The number of benzene rings is 1. The van der Waals surface area contributed by atoms with E-state index in [2.05, 4.69) is 15.5 Å². The minimum atomic E-state index is 0. The second-order valence-electron chi connectivity index (χ2n) is 5.32. The molecule has 22 heavy (non-hydrogen) atoms. The topological polar surface area (TPSA) is 44.4 Å². The van der Waals surface area contributed by atoms with Gasteiger partial charge in [0.25, 0.3) is 0 Å². The number of likely N-dealkylation sites (tertiary alicyclic amines) is 1. The number of nitrogens with one attached hydrogen (secondary N) is 2. The Balaban J connectivity index is 0.00000242. The van der Waals surface area contributed by atoms with Gasteiger partial charge in [0.15, 0.2) is 0 Å². The number of carbonyl (C=O) groups is 1. The van der Waals surface area contributed by atoms with Gasteiger partial charge in [-0.1, -0.05) is 35.3 Å². The highest BCUT2D eigenvalue weighted by molar-refractivity contribution is 6.42. The minimum Gasteiger partial charge on any atom is -0.358 e. The van der Waals surface area contributed by atoms with Crippen LogP contribution in [0.5, 0.6) is 0 Å². The molecule has 1 fully saturated rings. The van der Waals surface area contributed by atoms with E-state index in [1.54, 1.807) is 13.1 Å². The summed E-state index contributed by atoms with van der Waals surface area (Å²) in [6.45, 7) is 3.09. The van der Waals surface area contributed by atoms with Crippen molar-refractivity contribution >= 4 is 41.5 Å². The third-order valence-electron chi connectivity index (χ3n) is 3.85. The number of piperidine rings is 1. The molecule has 0 bridgehead atoms. The standard InChI is InChI=1S/C15H21Cl2N3O.ClH/c1-18-14(21)10-20-7-5-12(6-8-20)19-9-11-3-2-4-13(16)15(11)17;/h2-4,12,19H,5-10H2,1H3,(H,18,21);1H. The molecule has 1 saturated heterocycles. The third kappa shape index (κ3) is 5.60. The van der Waals surface area contributed by atoms with Crippen molar-refractivity contribution in [2.24, 2.45) is 0 Å². The number of halogens is 3. The molecule has 0 saturated carbocycles. The van der Waals surface area contributed by atoms with Gasteiger partial charge in [0.1, 0.15) is 0 Å². The van der Waals surface area contributed by atoms with E-state index in [1.165, 1.54) is 0 Å². The van der Waals surface area contributed by atoms with Gasteiger partial charge in [0, 0.05) is 32.7 Å². The Labute approximate surface area is 147 Å². The highest BCUT2D eigenvalue weighted by Crippen LogP contribution is 2.25. The van der Waals surface area contributed by atoms with Gasteiger partial charge in [-0.25, -0.2) is 0 Å². The molecule has 0 spiro atoms. The fourth-order valence-electron chi connectivity index (χ4n) is 2.52. The van der Waals surface area contributed by atoms with E-state index >= 15 is 0 Å². The Morgan fingerprint density at radius 3 is 2.64 bits per heavy atom. The fraction of sp³-hybridized carbons (Fsp3) is 0.533. The first-order valence-electron chi connectivity index (χ1n) is 7.19. The van der Waals surface area contributed by atoms with Gasteiger partial charge in [-0.05, 0) is 24.5 Å². The molecular weight excluding hydrogens is 345 g/mol. The molecule has 1 heterocycles. The summed E-state index contributed by atoms with van der Waals surface area (Å²) in [6, 6.07) is 6.16. The van der Waals surface area contributed by atoms with Crippen molar-refractivity contribution < 1.29 is 4.79 Å². The quantitative estimate of drug-likeness (QED) is 0.842. The van der Waals surface area contributed by atoms with Crippen LogP contribution < -0.4 is 10.6 Å². The molecule has 0 aliphatic carbocycles. The number of carbonyl (C=O) groups excluding carboxylic acids is 1. The molecule has 2 N–H and O–H groups in total. The Hall–Kier alpha value is -0.520. The van der Waals surface area contributed by atoms with E-state index in [4.69, 9.17) is 23.2 Å². The number of nitrogens with zero attached hydrogens (tertiary/aromatic N) is 1. The molecule has 1 amide bonds. The zero-order valence-corrected chi connectivity index (χ0v) is 14.9. The van der Waals surface area contributed by atoms with Crippen molar-refractivity contribution in [2.75, 3.05) is 26.7 Å². The van der Waals surface area contributed by atoms with Crippen LogP contribution >= 0.6 is 35.6 Å². The van der Waals surface area contributed by atoms with E-state index in [1.807, 2.05) is 12.1 Å². The van der Waals surface area contributed by atoms with Crippen molar-refractivity contribution in [1.29, 1.82) is 0 Å². The maximum Gasteiger partial charge on any atom is 0.233 e. The van der Waals surface area contributed by atoms with Gasteiger partial charge in [-0.15, -0.1) is 12.4 Å². The second kappa shape index (κ2) is 9.58. The lowest BCUT2D eigenvalue weighted by atomic mass is 10.0. The number of amides is 1. The molecule has 1 aromatic rings. The average molecular weight is 367 g/mol. The highest BCUT2D eigenvalue weighted by Gasteiger charge is 2.20. The Morgan fingerprint density at radius 1 is 1.32 bits per heavy atom. The predicted molar refractivity (Wildman–Crippen MR) is 94.1 cm³/mol. The first-order chi connectivity index (χ1) is 10.1. The normalized spacial score (nSPS) is 16.1. The number of hydrogen-bond acceptors (Lipinski definition) is 3. The van der Waals surface area contributed by atoms with Crippen LogP contribution in [-0.2, 0) is 11.3 Å². The summed E-state index contributed by atoms with van der Waals surface area (Å²) in [5, 5.41) is 7.40. The highest BCUT2D eigenvalue weighted by atomic mass is 35.5. The van der Waals surface area contributed by atoms with E-state index in [-0.39, 0.29) is 18.3 Å². The van der Waals surface area contributed by atoms with E-state index in [0.29, 0.717) is 22.6 Å². The molecule has 124 valence electrons. The van der Waals surface area contributed by atoms with Crippen LogP contribution in [0.15, 0.2) is 18.2 Å². The lowest BCUT2D eigenvalue weighted by Crippen LogP contribution is -2.45. The smallest absolute Gasteiger partial charge is 0.233 e. The van der Waals surface area contributed by atoms with Crippen LogP contribution in [0.2, 0.25) is 10.0 Å². The maximum atomic E-state index is 11.3. The van der Waals surface area contributed by atoms with E-state index in [0.717, 1.165) is 38.0 Å². The van der Waals surface area contributed by atoms with Crippen LogP contribution in [0, 0.1) is 0 Å². The summed E-state index contributed by atoms with van der Waals surface area (Å²) in [4.78, 5) is 13.5. The molecule has 1 aliphatic heterocycles. The fourth-order valence-corrected chi connectivity index (χ4v) is 2.90. The number of rotatable bonds is 5. The van der Waals surface area contributed by atoms with Gasteiger partial charge < -0.3 is 10.6 Å². The molecule has 0 unspecified atom stereocenters. The van der Waals surface area contributed by atoms with Crippen molar-refractivity contribution in [3.8, 4) is 0 Å². The maximum absolute atomic E-state index is 11.3. The van der Waals surface area contributed by atoms with E-state index < -0.39 is 0 Å². The van der Waals surface area contributed by atoms with Gasteiger partial charge in [-0.2, -0.15) is 0 Å². The molecular formula is C15H22Cl3N3O. The molecule has 0 aromatic heterocycles. The molecule has 0 radical (unpaired) electrons. The summed E-state index contributed by atoms with van der Waals surface area (Å²) >= 11 is 12.2. The zero-order valence-electron chi connectivity index (χ0n) is 12.6. The number of hydrogen-bond donors (Lipinski definition) is 2.